The Hall–Kier alpha value is -2.02. The summed E-state index contributed by atoms with van der Waals surface area (Å²) in [6, 6.07) is 2.32. The molecule has 1 saturated heterocycles. The van der Waals surface area contributed by atoms with E-state index < -0.39 is 23.4 Å². The van der Waals surface area contributed by atoms with Gasteiger partial charge in [-0.2, -0.15) is 0 Å². The number of carbonyl (C=O) groups is 2. The van der Waals surface area contributed by atoms with Crippen molar-refractivity contribution in [2.45, 2.75) is 26.0 Å². The molecule has 1 aliphatic rings. The number of amides is 2. The van der Waals surface area contributed by atoms with Crippen molar-refractivity contribution in [2.75, 3.05) is 18.5 Å². The van der Waals surface area contributed by atoms with Crippen molar-refractivity contribution in [3.63, 3.8) is 0 Å². The van der Waals surface area contributed by atoms with E-state index in [1.807, 2.05) is 6.92 Å². The Bertz CT molecular complexity index is 545. The predicted octanol–water partition coefficient (Wildman–Crippen LogP) is 1.54. The van der Waals surface area contributed by atoms with Crippen LogP contribution in [0, 0.1) is 11.6 Å². The van der Waals surface area contributed by atoms with Crippen LogP contribution in [0.15, 0.2) is 18.2 Å². The minimum atomic E-state index is -0.930. The van der Waals surface area contributed by atoms with Gasteiger partial charge in [0.25, 0.3) is 0 Å². The molecule has 0 aromatic heterocycles. The quantitative estimate of drug-likeness (QED) is 0.800. The first-order valence-corrected chi connectivity index (χ1v) is 6.58. The molecule has 1 N–H and O–H groups in total. The number of carbonyl (C=O) groups excluding carboxylic acids is 2. The van der Waals surface area contributed by atoms with Crippen LogP contribution in [-0.2, 0) is 14.3 Å². The molecule has 1 aromatic rings. The van der Waals surface area contributed by atoms with Gasteiger partial charge in [-0.15, -0.1) is 0 Å². The van der Waals surface area contributed by atoms with Crippen LogP contribution in [0.3, 0.4) is 0 Å². The largest absolute Gasteiger partial charge is 0.375 e. The van der Waals surface area contributed by atoms with Crippen molar-refractivity contribution in [2.24, 2.45) is 0 Å². The van der Waals surface area contributed by atoms with Gasteiger partial charge in [0.05, 0.1) is 18.8 Å². The molecular formula is C14H16F2N2O3. The molecule has 0 radical (unpaired) electrons. The molecule has 0 saturated carbocycles. The van der Waals surface area contributed by atoms with Crippen molar-refractivity contribution in [3.05, 3.63) is 29.8 Å². The number of halogens is 2. The summed E-state index contributed by atoms with van der Waals surface area (Å²) in [7, 11) is 0. The van der Waals surface area contributed by atoms with E-state index in [2.05, 4.69) is 5.32 Å². The average Bonchev–Trinajstić information content (AvgIpc) is 2.40. The molecule has 0 aliphatic carbocycles. The molecule has 21 heavy (non-hydrogen) atoms. The molecule has 2 rings (SSSR count). The topological polar surface area (TPSA) is 58.6 Å². The minimum absolute atomic E-state index is 0.0974. The molecule has 1 aromatic carbocycles. The lowest BCUT2D eigenvalue weighted by Crippen LogP contribution is -2.54. The van der Waals surface area contributed by atoms with Crippen molar-refractivity contribution < 1.29 is 23.1 Å². The van der Waals surface area contributed by atoms with Crippen LogP contribution in [-0.4, -0.2) is 42.0 Å². The minimum Gasteiger partial charge on any atom is -0.375 e. The summed E-state index contributed by atoms with van der Waals surface area (Å²) in [4.78, 5) is 25.4. The smallest absolute Gasteiger partial charge is 0.313 e. The summed E-state index contributed by atoms with van der Waals surface area (Å²) >= 11 is 0. The summed E-state index contributed by atoms with van der Waals surface area (Å²) < 4.78 is 31.5. The molecule has 0 spiro atoms. The second kappa shape index (κ2) is 6.17. The summed E-state index contributed by atoms with van der Waals surface area (Å²) in [5, 5.41) is 2.21. The van der Waals surface area contributed by atoms with E-state index in [-0.39, 0.29) is 17.8 Å². The molecule has 5 nitrogen and oxygen atoms in total. The van der Waals surface area contributed by atoms with E-state index in [0.717, 1.165) is 12.1 Å². The lowest BCUT2D eigenvalue weighted by atomic mass is 10.1. The maximum absolute atomic E-state index is 13.0. The number of morpholine rings is 1. The van der Waals surface area contributed by atoms with Crippen LogP contribution >= 0.6 is 0 Å². The summed E-state index contributed by atoms with van der Waals surface area (Å²) in [5.41, 5.74) is -0.0974. The number of hydrogen-bond acceptors (Lipinski definition) is 3. The van der Waals surface area contributed by atoms with Crippen LogP contribution in [0.1, 0.15) is 13.8 Å². The number of nitrogens with one attached hydrogen (secondary N) is 1. The summed E-state index contributed by atoms with van der Waals surface area (Å²) in [6.07, 6.45) is -0.179. The molecule has 2 atom stereocenters. The molecule has 0 bridgehead atoms. The summed E-state index contributed by atoms with van der Waals surface area (Å²) in [6.45, 7) is 4.23. The number of anilines is 1. The number of hydrogen-bond donors (Lipinski definition) is 1. The first-order chi connectivity index (χ1) is 9.88. The Morgan fingerprint density at radius 3 is 2.48 bits per heavy atom. The maximum atomic E-state index is 13.0. The molecule has 7 heteroatoms. The van der Waals surface area contributed by atoms with Crippen LogP contribution in [0.25, 0.3) is 0 Å². The van der Waals surface area contributed by atoms with Gasteiger partial charge in [0.15, 0.2) is 0 Å². The monoisotopic (exact) mass is 298 g/mol. The van der Waals surface area contributed by atoms with Crippen LogP contribution in [0.4, 0.5) is 14.5 Å². The zero-order valence-electron chi connectivity index (χ0n) is 11.7. The van der Waals surface area contributed by atoms with Gasteiger partial charge in [-0.25, -0.2) is 8.78 Å². The molecule has 114 valence electrons. The average molecular weight is 298 g/mol. The van der Waals surface area contributed by atoms with E-state index >= 15 is 0 Å². The van der Waals surface area contributed by atoms with E-state index in [4.69, 9.17) is 4.74 Å². The van der Waals surface area contributed by atoms with Gasteiger partial charge in [0, 0.05) is 18.3 Å². The fourth-order valence-electron chi connectivity index (χ4n) is 2.16. The highest BCUT2D eigenvalue weighted by atomic mass is 19.1. The fraction of sp³-hybridized carbons (Fsp3) is 0.429. The van der Waals surface area contributed by atoms with Gasteiger partial charge in [0.1, 0.15) is 11.6 Å². The third kappa shape index (κ3) is 3.55. The third-order valence-electron chi connectivity index (χ3n) is 3.46. The Balaban J connectivity index is 2.07. The first kappa shape index (κ1) is 15.4. The van der Waals surface area contributed by atoms with Crippen LogP contribution in [0.5, 0.6) is 0 Å². The van der Waals surface area contributed by atoms with Crippen LogP contribution < -0.4 is 5.32 Å². The highest BCUT2D eigenvalue weighted by Gasteiger charge is 2.32. The second-order valence-corrected chi connectivity index (χ2v) is 4.93. The first-order valence-electron chi connectivity index (χ1n) is 6.58. The van der Waals surface area contributed by atoms with E-state index in [0.29, 0.717) is 19.2 Å². The third-order valence-corrected chi connectivity index (χ3v) is 3.46. The van der Waals surface area contributed by atoms with Gasteiger partial charge in [-0.3, -0.25) is 9.59 Å². The van der Waals surface area contributed by atoms with Crippen molar-refractivity contribution in [1.29, 1.82) is 0 Å². The van der Waals surface area contributed by atoms with Crippen molar-refractivity contribution in [3.8, 4) is 0 Å². The van der Waals surface area contributed by atoms with Gasteiger partial charge >= 0.3 is 11.8 Å². The number of nitrogens with zero attached hydrogens (tertiary/aromatic N) is 1. The molecule has 1 fully saturated rings. The predicted molar refractivity (Wildman–Crippen MR) is 71.6 cm³/mol. The number of rotatable bonds is 1. The van der Waals surface area contributed by atoms with Crippen LogP contribution in [0.2, 0.25) is 0 Å². The Kier molecular flexibility index (Phi) is 4.52. The molecule has 1 heterocycles. The molecule has 2 amide bonds. The Morgan fingerprint density at radius 2 is 1.86 bits per heavy atom. The van der Waals surface area contributed by atoms with Crippen molar-refractivity contribution >= 4 is 17.5 Å². The van der Waals surface area contributed by atoms with Gasteiger partial charge in [0.2, 0.25) is 0 Å². The second-order valence-electron chi connectivity index (χ2n) is 4.93. The lowest BCUT2D eigenvalue weighted by Gasteiger charge is -2.37. The molecular weight excluding hydrogens is 282 g/mol. The Morgan fingerprint density at radius 1 is 1.24 bits per heavy atom. The zero-order valence-corrected chi connectivity index (χ0v) is 11.7. The zero-order chi connectivity index (χ0) is 15.6. The number of benzene rings is 1. The van der Waals surface area contributed by atoms with E-state index in [1.165, 1.54) is 4.90 Å². The maximum Gasteiger partial charge on any atom is 0.313 e. The Labute approximate surface area is 120 Å². The SMILES string of the molecule is C[C@@H]1[C@@H](C)OCCN1C(=O)C(=O)Nc1cc(F)cc(F)c1. The normalized spacial score (nSPS) is 22.0. The van der Waals surface area contributed by atoms with E-state index in [1.54, 1.807) is 6.92 Å². The lowest BCUT2D eigenvalue weighted by molar-refractivity contribution is -0.152. The van der Waals surface area contributed by atoms with Gasteiger partial charge < -0.3 is 15.0 Å². The molecule has 1 aliphatic heterocycles. The number of ether oxygens (including phenoxy) is 1. The summed E-state index contributed by atoms with van der Waals surface area (Å²) in [5.74, 6) is -3.33. The fourth-order valence-corrected chi connectivity index (χ4v) is 2.16. The van der Waals surface area contributed by atoms with Crippen molar-refractivity contribution in [1.82, 2.24) is 4.90 Å². The highest BCUT2D eigenvalue weighted by Crippen LogP contribution is 2.16. The van der Waals surface area contributed by atoms with Gasteiger partial charge in [-0.1, -0.05) is 0 Å². The highest BCUT2D eigenvalue weighted by molar-refractivity contribution is 6.39. The van der Waals surface area contributed by atoms with Gasteiger partial charge in [-0.05, 0) is 26.0 Å². The molecule has 0 unspecified atom stereocenters. The van der Waals surface area contributed by atoms with E-state index in [9.17, 15) is 18.4 Å². The standard InChI is InChI=1S/C14H16F2N2O3/c1-8-9(2)21-4-3-18(8)14(20)13(19)17-12-6-10(15)5-11(16)7-12/h5-9H,3-4H2,1-2H3,(H,17,19)/t8-,9-/m1/s1.